The monoisotopic (exact) mass is 1060 g/mol. The van der Waals surface area contributed by atoms with Crippen molar-refractivity contribution in [3.63, 3.8) is 0 Å². The normalized spacial score (nSPS) is 19.9. The molecule has 5 aliphatic heterocycles. The van der Waals surface area contributed by atoms with Crippen LogP contribution in [0.25, 0.3) is 6.08 Å². The lowest BCUT2D eigenvalue weighted by molar-refractivity contribution is -0.0601. The zero-order valence-electron chi connectivity index (χ0n) is 43.1. The first-order chi connectivity index (χ1) is 35.8. The van der Waals surface area contributed by atoms with Gasteiger partial charge in [-0.3, -0.25) is 4.79 Å². The summed E-state index contributed by atoms with van der Waals surface area (Å²) in [4.78, 5) is 11.4. The topological polar surface area (TPSA) is 157 Å². The predicted octanol–water partition coefficient (Wildman–Crippen LogP) is 13.4. The van der Waals surface area contributed by atoms with Gasteiger partial charge in [-0.25, -0.2) is 4.18 Å². The predicted molar refractivity (Wildman–Crippen MR) is 295 cm³/mol. The summed E-state index contributed by atoms with van der Waals surface area (Å²) in [5, 5.41) is 0. The van der Waals surface area contributed by atoms with Crippen LogP contribution in [0.3, 0.4) is 0 Å². The summed E-state index contributed by atoms with van der Waals surface area (Å²) >= 11 is 0. The molecule has 9 rings (SSSR count). The van der Waals surface area contributed by atoms with E-state index in [-0.39, 0.29) is 42.4 Å². The number of benzene rings is 3. The summed E-state index contributed by atoms with van der Waals surface area (Å²) in [7, 11) is -3.82. The number of ether oxygens (including phenoxy) is 9. The number of hydrogen-bond acceptors (Lipinski definition) is 14. The molecule has 0 radical (unpaired) electrons. The smallest absolute Gasteiger partial charge is 0.300 e. The third-order valence-electron chi connectivity index (χ3n) is 10.8. The average molecular weight is 1060 g/mol. The minimum absolute atomic E-state index is 0. The molecule has 0 fully saturated rings. The van der Waals surface area contributed by atoms with E-state index in [2.05, 4.69) is 51.6 Å². The average Bonchev–Trinajstić information content (AvgIpc) is 4.17. The second-order valence-corrected chi connectivity index (χ2v) is 18.3. The zero-order chi connectivity index (χ0) is 54.5. The maximum atomic E-state index is 12.0. The first-order valence-corrected chi connectivity index (χ1v) is 24.9. The Bertz CT molecular complexity index is 3010. The summed E-state index contributed by atoms with van der Waals surface area (Å²) in [5.74, 6) is 3.99. The molecule has 4 aromatic rings. The van der Waals surface area contributed by atoms with Crippen molar-refractivity contribution in [3.05, 3.63) is 264 Å². The van der Waals surface area contributed by atoms with Crippen LogP contribution in [0.5, 0.6) is 11.5 Å². The molecular weight excluding hydrogens is 989 g/mol. The summed E-state index contributed by atoms with van der Waals surface area (Å²) < 4.78 is 81.7. The first-order valence-electron chi connectivity index (χ1n) is 23.5. The summed E-state index contributed by atoms with van der Waals surface area (Å²) in [6.45, 7) is 34.5. The Morgan fingerprint density at radius 1 is 0.539 bits per heavy atom. The molecular formula is C61H68O14S. The minimum Gasteiger partial charge on any atom is -0.468 e. The van der Waals surface area contributed by atoms with Gasteiger partial charge in [0.15, 0.2) is 0 Å². The lowest BCUT2D eigenvalue weighted by atomic mass is 10.2. The van der Waals surface area contributed by atoms with E-state index >= 15 is 0 Å². The van der Waals surface area contributed by atoms with Crippen molar-refractivity contribution in [2.45, 2.75) is 85.3 Å². The molecule has 0 saturated heterocycles. The van der Waals surface area contributed by atoms with Crippen LogP contribution >= 0.6 is 0 Å². The lowest BCUT2D eigenvalue weighted by Gasteiger charge is -2.12. The second-order valence-electron chi connectivity index (χ2n) is 16.8. The number of para-hydroxylation sites is 1. The molecule has 5 aliphatic rings. The number of hydrogen-bond donors (Lipinski definition) is 0. The van der Waals surface area contributed by atoms with Gasteiger partial charge in [0.1, 0.15) is 40.8 Å². The highest BCUT2D eigenvalue weighted by Crippen LogP contribution is 2.27. The third kappa shape index (κ3) is 19.6. The van der Waals surface area contributed by atoms with E-state index in [0.717, 1.165) is 39.2 Å². The fourth-order valence-electron chi connectivity index (χ4n) is 6.28. The molecule has 402 valence electrons. The molecule has 3 aromatic carbocycles. The van der Waals surface area contributed by atoms with Gasteiger partial charge >= 0.3 is 10.1 Å². The third-order valence-corrected chi connectivity index (χ3v) is 12.0. The van der Waals surface area contributed by atoms with Gasteiger partial charge in [-0.1, -0.05) is 125 Å². The van der Waals surface area contributed by atoms with Crippen molar-refractivity contribution in [2.24, 2.45) is 0 Å². The molecule has 6 heterocycles. The Morgan fingerprint density at radius 3 is 1.42 bits per heavy atom. The van der Waals surface area contributed by atoms with Crippen LogP contribution in [0.1, 0.15) is 53.2 Å². The van der Waals surface area contributed by atoms with Gasteiger partial charge in [-0.2, -0.15) is 8.42 Å². The zero-order valence-corrected chi connectivity index (χ0v) is 43.9. The van der Waals surface area contributed by atoms with Crippen LogP contribution in [-0.4, -0.2) is 53.1 Å². The maximum Gasteiger partial charge on any atom is 0.300 e. The fourth-order valence-corrected chi connectivity index (χ4v) is 7.21. The Labute approximate surface area is 447 Å². The van der Waals surface area contributed by atoms with Gasteiger partial charge in [-0.05, 0) is 117 Å². The van der Waals surface area contributed by atoms with Crippen LogP contribution in [0, 0.1) is 6.92 Å². The van der Waals surface area contributed by atoms with Crippen LogP contribution in [0.15, 0.2) is 256 Å². The fraction of sp³-hybridized carbons (Fsp3) is 0.230. The van der Waals surface area contributed by atoms with E-state index in [9.17, 15) is 13.2 Å². The number of allylic oxidation sites excluding steroid dienone is 5. The first kappa shape index (κ1) is 60.5. The Balaban J connectivity index is 0.000000206. The molecule has 0 aliphatic carbocycles. The van der Waals surface area contributed by atoms with E-state index in [4.69, 9.17) is 51.2 Å². The van der Waals surface area contributed by atoms with Gasteiger partial charge in [-0.15, -0.1) is 6.58 Å². The second kappa shape index (κ2) is 29.7. The standard InChI is InChI=1S/C15H16O2.C13H14O4S.C12H12O2.C11H10O4.C9H12O2.CH4/c1-12-11-15(17-13(12)2)16-10-6-9-14-7-4-3-5-8-14;1-9-4-6-12(7-5-9)18(14,15)17-13-8-10(2)11(3)16-13;1-9-8-12(13-10(9)2)14-11-6-4-3-5-7-11;1-7-5-11(14-8(7)2)15-10-6-13-4-3-9(10)12;1-4-5-10-9-6-7(2)8(3)11-9;/h3-9,11,15H,2,10H2,1H3;4-8,13H,3H2,1-2H3;3-8,12H,2H2,1H3;3-6,11H,2H2,1H3;4,6,9H,1,3,5H2,2H3;1H4/b9-6+;;;;;. The summed E-state index contributed by atoms with van der Waals surface area (Å²) in [6.07, 6.45) is 14.9. The van der Waals surface area contributed by atoms with Crippen LogP contribution in [0.2, 0.25) is 0 Å². The molecule has 0 amide bonds. The van der Waals surface area contributed by atoms with Crippen LogP contribution in [0.4, 0.5) is 0 Å². The van der Waals surface area contributed by atoms with E-state index < -0.39 is 22.7 Å². The highest BCUT2D eigenvalue weighted by Gasteiger charge is 2.26. The molecule has 5 unspecified atom stereocenters. The number of aryl methyl sites for hydroxylation is 1. The largest absolute Gasteiger partial charge is 0.468 e. The van der Waals surface area contributed by atoms with Crippen LogP contribution < -0.4 is 14.9 Å². The van der Waals surface area contributed by atoms with Crippen molar-refractivity contribution in [2.75, 3.05) is 13.2 Å². The molecule has 0 saturated carbocycles. The molecule has 0 N–H and O–H groups in total. The maximum absolute atomic E-state index is 12.0. The quantitative estimate of drug-likeness (QED) is 0.0868. The molecule has 1 aromatic heterocycles. The molecule has 0 bridgehead atoms. The molecule has 76 heavy (non-hydrogen) atoms. The highest BCUT2D eigenvalue weighted by atomic mass is 32.2. The van der Waals surface area contributed by atoms with Crippen molar-refractivity contribution < 1.29 is 59.6 Å². The van der Waals surface area contributed by atoms with Crippen molar-refractivity contribution in [1.82, 2.24) is 0 Å². The van der Waals surface area contributed by atoms with E-state index in [1.807, 2.05) is 114 Å². The highest BCUT2D eigenvalue weighted by molar-refractivity contribution is 7.86. The van der Waals surface area contributed by atoms with Gasteiger partial charge in [0, 0.05) is 18.2 Å². The van der Waals surface area contributed by atoms with Gasteiger partial charge in [0.2, 0.25) is 30.0 Å². The minimum atomic E-state index is -3.82. The Kier molecular flexibility index (Phi) is 23.6. The molecule has 15 heteroatoms. The molecule has 0 spiro atoms. The SMILES string of the molecule is C.C=C1OC(OC/C=C/c2ccccc2)C=C1C.C=C1OC(OS(=O)(=O)c2ccc(C)cc2)C=C1C.C=C1OC(Oc2ccccc2)C=C1C.C=C1OC(Oc2coccc2=O)C=C1C.C=CCOC1C=C(C)C(=C)O1. The lowest BCUT2D eigenvalue weighted by Crippen LogP contribution is -2.17. The van der Waals surface area contributed by atoms with Gasteiger partial charge < -0.3 is 47.0 Å². The van der Waals surface area contributed by atoms with Crippen molar-refractivity contribution >= 4 is 16.2 Å². The summed E-state index contributed by atoms with van der Waals surface area (Å²) in [6, 6.07) is 27.4. The van der Waals surface area contributed by atoms with E-state index in [0.29, 0.717) is 42.0 Å². The Hall–Kier alpha value is -8.08. The van der Waals surface area contributed by atoms with Crippen molar-refractivity contribution in [3.8, 4) is 11.5 Å². The number of rotatable bonds is 14. The molecule has 5 atom stereocenters. The van der Waals surface area contributed by atoms with Crippen LogP contribution in [-0.2, 0) is 47.5 Å². The van der Waals surface area contributed by atoms with E-state index in [1.165, 1.54) is 36.3 Å². The molecule has 14 nitrogen and oxygen atoms in total. The Morgan fingerprint density at radius 2 is 0.974 bits per heavy atom. The van der Waals surface area contributed by atoms with Gasteiger partial charge in [0.25, 0.3) is 12.6 Å². The summed E-state index contributed by atoms with van der Waals surface area (Å²) in [5.41, 5.74) is 6.70. The van der Waals surface area contributed by atoms with Gasteiger partial charge in [0.05, 0.1) is 24.4 Å². The van der Waals surface area contributed by atoms with Crippen molar-refractivity contribution in [1.29, 1.82) is 0 Å². The van der Waals surface area contributed by atoms with E-state index in [1.54, 1.807) is 37.3 Å².